The molecule has 0 spiro atoms. The van der Waals surface area contributed by atoms with Crippen LogP contribution in [-0.2, 0) is 9.47 Å². The van der Waals surface area contributed by atoms with E-state index in [0.29, 0.717) is 55.4 Å². The Labute approximate surface area is 222 Å². The summed E-state index contributed by atoms with van der Waals surface area (Å²) in [6.45, 7) is 0.681. The van der Waals surface area contributed by atoms with Crippen molar-refractivity contribution in [2.45, 2.75) is 31.6 Å². The highest BCUT2D eigenvalue weighted by molar-refractivity contribution is 7.19. The van der Waals surface area contributed by atoms with Crippen LogP contribution in [-0.4, -0.2) is 44.7 Å². The fourth-order valence-electron chi connectivity index (χ4n) is 4.17. The summed E-state index contributed by atoms with van der Waals surface area (Å²) in [6, 6.07) is 10.4. The van der Waals surface area contributed by atoms with Crippen LogP contribution in [0.5, 0.6) is 0 Å². The summed E-state index contributed by atoms with van der Waals surface area (Å²) in [5, 5.41) is 19.2. The molecule has 1 aliphatic rings. The van der Waals surface area contributed by atoms with Gasteiger partial charge in [0.25, 0.3) is 0 Å². The smallest absolute Gasteiger partial charge is 0.412 e. The number of amides is 1. The van der Waals surface area contributed by atoms with E-state index >= 15 is 0 Å². The highest BCUT2D eigenvalue weighted by atomic mass is 35.5. The molecule has 1 aliphatic heterocycles. The molecule has 1 aromatic carbocycles. The molecule has 0 radical (unpaired) electrons. The van der Waals surface area contributed by atoms with Crippen molar-refractivity contribution in [1.29, 1.82) is 0 Å². The lowest BCUT2D eigenvalue weighted by atomic mass is 9.99. The maximum absolute atomic E-state index is 11.7. The molecule has 1 amide bonds. The first-order chi connectivity index (χ1) is 17.9. The Kier molecular flexibility index (Phi) is 7.38. The Balaban J connectivity index is 1.59. The van der Waals surface area contributed by atoms with E-state index in [1.807, 2.05) is 0 Å². The largest absolute Gasteiger partial charge is 0.453 e. The van der Waals surface area contributed by atoms with Crippen molar-refractivity contribution < 1.29 is 19.4 Å². The maximum Gasteiger partial charge on any atom is 0.412 e. The fraction of sp³-hybridized carbons (Fsp3) is 0.280. The van der Waals surface area contributed by atoms with Crippen molar-refractivity contribution in [3.05, 3.63) is 65.1 Å². The fourth-order valence-corrected chi connectivity index (χ4v) is 5.48. The predicted molar refractivity (Wildman–Crippen MR) is 141 cm³/mol. The third-order valence-electron chi connectivity index (χ3n) is 6.04. The molecular formula is C25H25ClN6O4S. The van der Waals surface area contributed by atoms with Crippen LogP contribution in [0, 0.1) is 0 Å². The van der Waals surface area contributed by atoms with Crippen LogP contribution >= 0.6 is 22.9 Å². The number of ether oxygens (including phenoxy) is 2. The molecular weight excluding hydrogens is 516 g/mol. The van der Waals surface area contributed by atoms with Crippen LogP contribution in [0.1, 0.15) is 42.7 Å². The number of nitrogens with two attached hydrogens (primary N) is 1. The molecule has 10 nitrogen and oxygen atoms in total. The number of thiophene rings is 1. The van der Waals surface area contributed by atoms with Gasteiger partial charge in [-0.3, -0.25) is 5.32 Å². The van der Waals surface area contributed by atoms with Crippen LogP contribution in [0.3, 0.4) is 0 Å². The molecule has 0 bridgehead atoms. The van der Waals surface area contributed by atoms with Gasteiger partial charge in [0.05, 0.1) is 22.6 Å². The number of methoxy groups -OCH3 is 1. The van der Waals surface area contributed by atoms with Crippen LogP contribution in [0.4, 0.5) is 16.3 Å². The summed E-state index contributed by atoms with van der Waals surface area (Å²) in [4.78, 5) is 21.7. The molecule has 2 atom stereocenters. The van der Waals surface area contributed by atoms with Gasteiger partial charge in [0.15, 0.2) is 12.1 Å². The maximum atomic E-state index is 11.7. The average Bonchev–Trinajstić information content (AvgIpc) is 3.54. The zero-order valence-electron chi connectivity index (χ0n) is 19.9. The highest BCUT2D eigenvalue weighted by Crippen LogP contribution is 2.47. The minimum absolute atomic E-state index is 0.177. The Morgan fingerprint density at radius 2 is 2.08 bits per heavy atom. The SMILES string of the molecule is COC(=O)Nc1cc(-c2sc(-c3ncn(C4CCCCO4)n3)c(C(O)c3ccc(Cl)cc3)c2N)ccn1. The van der Waals surface area contributed by atoms with Crippen LogP contribution in [0.15, 0.2) is 48.9 Å². The number of rotatable bonds is 6. The van der Waals surface area contributed by atoms with Gasteiger partial charge >= 0.3 is 6.09 Å². The van der Waals surface area contributed by atoms with Crippen molar-refractivity contribution >= 4 is 40.5 Å². The standard InChI is InChI=1S/C25H25ClN6O4S/c1-35-25(34)30-17-12-15(9-10-28-17)22-20(27)19(21(33)14-5-7-16(26)8-6-14)23(37-22)24-29-13-32(31-24)18-4-2-3-11-36-18/h5-10,12-13,18,21,33H,2-4,11,27H2,1H3,(H,28,30,34). The topological polar surface area (TPSA) is 137 Å². The number of aromatic nitrogens is 4. The molecule has 192 valence electrons. The van der Waals surface area contributed by atoms with E-state index in [1.165, 1.54) is 18.4 Å². The Hall–Kier alpha value is -3.51. The lowest BCUT2D eigenvalue weighted by molar-refractivity contribution is -0.0395. The molecule has 12 heteroatoms. The molecule has 4 heterocycles. The number of anilines is 2. The van der Waals surface area contributed by atoms with Crippen molar-refractivity contribution in [3.8, 4) is 21.1 Å². The summed E-state index contributed by atoms with van der Waals surface area (Å²) in [7, 11) is 1.28. The lowest BCUT2D eigenvalue weighted by Gasteiger charge is -2.22. The van der Waals surface area contributed by atoms with Gasteiger partial charge in [-0.05, 0) is 54.7 Å². The van der Waals surface area contributed by atoms with Crippen LogP contribution < -0.4 is 11.1 Å². The van der Waals surface area contributed by atoms with E-state index in [1.54, 1.807) is 53.6 Å². The quantitative estimate of drug-likeness (QED) is 0.301. The minimum atomic E-state index is -1.05. The van der Waals surface area contributed by atoms with Gasteiger partial charge < -0.3 is 20.3 Å². The highest BCUT2D eigenvalue weighted by Gasteiger charge is 2.28. The van der Waals surface area contributed by atoms with E-state index < -0.39 is 12.2 Å². The summed E-state index contributed by atoms with van der Waals surface area (Å²) in [5.41, 5.74) is 8.87. The number of carbonyl (C=O) groups excluding carboxylic acids is 1. The monoisotopic (exact) mass is 540 g/mol. The molecule has 37 heavy (non-hydrogen) atoms. The van der Waals surface area contributed by atoms with E-state index in [2.05, 4.69) is 25.1 Å². The van der Waals surface area contributed by atoms with E-state index in [9.17, 15) is 9.90 Å². The zero-order valence-corrected chi connectivity index (χ0v) is 21.5. The molecule has 2 unspecified atom stereocenters. The first-order valence-electron chi connectivity index (χ1n) is 11.6. The molecule has 1 saturated heterocycles. The summed E-state index contributed by atoms with van der Waals surface area (Å²) in [6.07, 6.45) is 4.27. The van der Waals surface area contributed by atoms with Gasteiger partial charge in [-0.1, -0.05) is 23.7 Å². The van der Waals surface area contributed by atoms with Crippen molar-refractivity contribution in [3.63, 3.8) is 0 Å². The van der Waals surface area contributed by atoms with Gasteiger partial charge in [0.1, 0.15) is 18.2 Å². The lowest BCUT2D eigenvalue weighted by Crippen LogP contribution is -2.18. The number of nitrogen functional groups attached to an aromatic ring is 1. The molecule has 4 aromatic rings. The molecule has 3 aromatic heterocycles. The normalized spacial score (nSPS) is 16.4. The molecule has 0 saturated carbocycles. The second-order valence-electron chi connectivity index (χ2n) is 8.46. The number of hydrogen-bond acceptors (Lipinski definition) is 9. The van der Waals surface area contributed by atoms with Crippen molar-refractivity contribution in [2.75, 3.05) is 24.8 Å². The minimum Gasteiger partial charge on any atom is -0.453 e. The third-order valence-corrected chi connectivity index (χ3v) is 7.56. The van der Waals surface area contributed by atoms with Gasteiger partial charge in [-0.15, -0.1) is 16.4 Å². The Morgan fingerprint density at radius 3 is 2.81 bits per heavy atom. The van der Waals surface area contributed by atoms with Gasteiger partial charge in [-0.25, -0.2) is 19.4 Å². The van der Waals surface area contributed by atoms with E-state index in [-0.39, 0.29) is 6.23 Å². The Morgan fingerprint density at radius 1 is 1.27 bits per heavy atom. The summed E-state index contributed by atoms with van der Waals surface area (Å²) >= 11 is 7.41. The van der Waals surface area contributed by atoms with Crippen molar-refractivity contribution in [1.82, 2.24) is 19.7 Å². The predicted octanol–water partition coefficient (Wildman–Crippen LogP) is 5.26. The first kappa shape index (κ1) is 25.2. The molecule has 0 aliphatic carbocycles. The first-order valence-corrected chi connectivity index (χ1v) is 12.8. The number of nitrogens with one attached hydrogen (secondary N) is 1. The van der Waals surface area contributed by atoms with Crippen LogP contribution in [0.25, 0.3) is 21.1 Å². The van der Waals surface area contributed by atoms with E-state index in [0.717, 1.165) is 19.3 Å². The Bertz CT molecular complexity index is 1400. The zero-order chi connectivity index (χ0) is 25.9. The number of aliphatic hydroxyl groups is 1. The number of pyridine rings is 1. The van der Waals surface area contributed by atoms with Gasteiger partial charge in [-0.2, -0.15) is 0 Å². The number of aliphatic hydroxyl groups excluding tert-OH is 1. The van der Waals surface area contributed by atoms with Gasteiger partial charge in [0, 0.05) is 23.4 Å². The number of benzene rings is 1. The number of halogens is 1. The third kappa shape index (κ3) is 5.30. The van der Waals surface area contributed by atoms with Crippen molar-refractivity contribution in [2.24, 2.45) is 0 Å². The average molecular weight is 541 g/mol. The second kappa shape index (κ2) is 10.9. The number of nitrogens with zero attached hydrogens (tertiary/aromatic N) is 4. The summed E-state index contributed by atoms with van der Waals surface area (Å²) < 4.78 is 12.2. The second-order valence-corrected chi connectivity index (χ2v) is 9.91. The van der Waals surface area contributed by atoms with Gasteiger partial charge in [0.2, 0.25) is 0 Å². The summed E-state index contributed by atoms with van der Waals surface area (Å²) in [5.74, 6) is 0.734. The molecule has 4 N–H and O–H groups in total. The molecule has 5 rings (SSSR count). The number of carbonyl (C=O) groups is 1. The number of hydrogen-bond donors (Lipinski definition) is 3. The van der Waals surface area contributed by atoms with E-state index in [4.69, 9.17) is 22.1 Å². The van der Waals surface area contributed by atoms with Crippen LogP contribution in [0.2, 0.25) is 5.02 Å². The molecule has 1 fully saturated rings.